The summed E-state index contributed by atoms with van der Waals surface area (Å²) in [7, 11) is 0. The summed E-state index contributed by atoms with van der Waals surface area (Å²) >= 11 is 0. The van der Waals surface area contributed by atoms with Crippen LogP contribution < -0.4 is 11.5 Å². The van der Waals surface area contributed by atoms with Gasteiger partial charge in [0.1, 0.15) is 5.76 Å². The lowest BCUT2D eigenvalue weighted by Crippen LogP contribution is -2.24. The van der Waals surface area contributed by atoms with Crippen molar-refractivity contribution >= 4 is 5.69 Å². The maximum atomic E-state index is 8.99. The summed E-state index contributed by atoms with van der Waals surface area (Å²) in [5.41, 5.74) is 12.9. The number of benzene rings is 1. The van der Waals surface area contributed by atoms with E-state index in [-0.39, 0.29) is 5.76 Å². The van der Waals surface area contributed by atoms with Crippen molar-refractivity contribution in [3.8, 4) is 0 Å². The van der Waals surface area contributed by atoms with E-state index in [1.807, 2.05) is 24.3 Å². The summed E-state index contributed by atoms with van der Waals surface area (Å²) in [5.74, 6) is 0.0109. The Bertz CT molecular complexity index is 292. The van der Waals surface area contributed by atoms with Crippen LogP contribution in [0.4, 0.5) is 5.69 Å². The molecule has 1 atom stereocenters. The van der Waals surface area contributed by atoms with Gasteiger partial charge >= 0.3 is 0 Å². The fraction of sp³-hybridized carbons (Fsp3) is 0.200. The number of anilines is 1. The van der Waals surface area contributed by atoms with Crippen molar-refractivity contribution in [2.45, 2.75) is 12.5 Å². The summed E-state index contributed by atoms with van der Waals surface area (Å²) in [6.07, 6.45) is 0.579. The van der Waals surface area contributed by atoms with Gasteiger partial charge in [0.05, 0.1) is 6.04 Å². The highest BCUT2D eigenvalue weighted by molar-refractivity contribution is 5.39. The molecule has 0 unspecified atom stereocenters. The van der Waals surface area contributed by atoms with Crippen LogP contribution in [0, 0.1) is 0 Å². The monoisotopic (exact) mass is 178 g/mol. The lowest BCUT2D eigenvalue weighted by atomic mass is 10.1. The second kappa shape index (κ2) is 3.96. The minimum Gasteiger partial charge on any atom is -0.511 e. The van der Waals surface area contributed by atoms with E-state index in [1.54, 1.807) is 0 Å². The van der Waals surface area contributed by atoms with Gasteiger partial charge in [-0.3, -0.25) is 0 Å². The number of nitrogen functional groups attached to an aromatic ring is 1. The fourth-order valence-corrected chi connectivity index (χ4v) is 1.03. The van der Waals surface area contributed by atoms with Gasteiger partial charge in [-0.15, -0.1) is 0 Å². The Morgan fingerprint density at radius 3 is 2.38 bits per heavy atom. The first kappa shape index (κ1) is 9.61. The minimum absolute atomic E-state index is 0.0109. The van der Waals surface area contributed by atoms with Gasteiger partial charge in [0.25, 0.3) is 0 Å². The smallest absolute Gasteiger partial charge is 0.102 e. The van der Waals surface area contributed by atoms with E-state index in [0.717, 1.165) is 11.3 Å². The number of aliphatic hydroxyl groups is 1. The third-order valence-corrected chi connectivity index (χ3v) is 1.86. The SMILES string of the molecule is C=C(O)[C@@H](N)Cc1ccc(N)cc1. The van der Waals surface area contributed by atoms with E-state index in [2.05, 4.69) is 6.58 Å². The van der Waals surface area contributed by atoms with E-state index < -0.39 is 6.04 Å². The topological polar surface area (TPSA) is 72.3 Å². The first-order valence-electron chi connectivity index (χ1n) is 4.07. The Labute approximate surface area is 77.7 Å². The highest BCUT2D eigenvalue weighted by Gasteiger charge is 2.05. The molecule has 0 aliphatic heterocycles. The summed E-state index contributed by atoms with van der Waals surface area (Å²) in [6, 6.07) is 6.99. The van der Waals surface area contributed by atoms with Gasteiger partial charge in [-0.25, -0.2) is 0 Å². The van der Waals surface area contributed by atoms with E-state index >= 15 is 0 Å². The summed E-state index contributed by atoms with van der Waals surface area (Å²) < 4.78 is 0. The van der Waals surface area contributed by atoms with Crippen LogP contribution in [0.25, 0.3) is 0 Å². The zero-order valence-electron chi connectivity index (χ0n) is 7.40. The van der Waals surface area contributed by atoms with Crippen molar-refractivity contribution in [1.29, 1.82) is 0 Å². The van der Waals surface area contributed by atoms with Crippen molar-refractivity contribution in [2.75, 3.05) is 5.73 Å². The van der Waals surface area contributed by atoms with Gasteiger partial charge in [-0.05, 0) is 24.1 Å². The number of aliphatic hydroxyl groups excluding tert-OH is 1. The molecule has 1 aromatic rings. The van der Waals surface area contributed by atoms with Crippen molar-refractivity contribution < 1.29 is 5.11 Å². The number of hydrogen-bond donors (Lipinski definition) is 3. The third kappa shape index (κ3) is 2.80. The first-order valence-corrected chi connectivity index (χ1v) is 4.07. The van der Waals surface area contributed by atoms with E-state index in [1.165, 1.54) is 0 Å². The Morgan fingerprint density at radius 2 is 1.92 bits per heavy atom. The zero-order chi connectivity index (χ0) is 9.84. The highest BCUT2D eigenvalue weighted by Crippen LogP contribution is 2.08. The van der Waals surface area contributed by atoms with Gasteiger partial charge in [-0.2, -0.15) is 0 Å². The molecule has 0 aromatic heterocycles. The van der Waals surface area contributed by atoms with Gasteiger partial charge in [0.15, 0.2) is 0 Å². The van der Waals surface area contributed by atoms with Crippen LogP contribution in [0.1, 0.15) is 5.56 Å². The van der Waals surface area contributed by atoms with Crippen LogP contribution in [0.2, 0.25) is 0 Å². The first-order chi connectivity index (χ1) is 6.09. The molecule has 0 saturated carbocycles. The lowest BCUT2D eigenvalue weighted by Gasteiger charge is -2.09. The van der Waals surface area contributed by atoms with Crippen LogP contribution in [-0.2, 0) is 6.42 Å². The van der Waals surface area contributed by atoms with Gasteiger partial charge in [-0.1, -0.05) is 18.7 Å². The Balaban J connectivity index is 2.64. The predicted molar refractivity (Wildman–Crippen MR) is 54.3 cm³/mol. The molecule has 0 bridgehead atoms. The number of rotatable bonds is 3. The predicted octanol–water partition coefficient (Wildman–Crippen LogP) is 1.21. The van der Waals surface area contributed by atoms with Crippen molar-refractivity contribution in [3.63, 3.8) is 0 Å². The third-order valence-electron chi connectivity index (χ3n) is 1.86. The second-order valence-corrected chi connectivity index (χ2v) is 3.04. The molecular weight excluding hydrogens is 164 g/mol. The molecular formula is C10H14N2O. The molecule has 70 valence electrons. The highest BCUT2D eigenvalue weighted by atomic mass is 16.3. The largest absolute Gasteiger partial charge is 0.511 e. The lowest BCUT2D eigenvalue weighted by molar-refractivity contribution is 0.368. The van der Waals surface area contributed by atoms with Gasteiger partial charge < -0.3 is 16.6 Å². The number of hydrogen-bond acceptors (Lipinski definition) is 3. The van der Waals surface area contributed by atoms with Crippen LogP contribution in [0.15, 0.2) is 36.6 Å². The standard InChI is InChI=1S/C10H14N2O/c1-7(13)10(12)6-8-2-4-9(11)5-3-8/h2-5,10,13H,1,6,11-12H2/t10-/m0/s1. The van der Waals surface area contributed by atoms with Gasteiger partial charge in [0.2, 0.25) is 0 Å². The average Bonchev–Trinajstić information content (AvgIpc) is 2.08. The van der Waals surface area contributed by atoms with Crippen molar-refractivity contribution in [3.05, 3.63) is 42.2 Å². The van der Waals surface area contributed by atoms with Crippen molar-refractivity contribution in [2.24, 2.45) is 5.73 Å². The fourth-order valence-electron chi connectivity index (χ4n) is 1.03. The Morgan fingerprint density at radius 1 is 1.38 bits per heavy atom. The maximum Gasteiger partial charge on any atom is 0.102 e. The summed E-state index contributed by atoms with van der Waals surface area (Å²) in [4.78, 5) is 0. The molecule has 3 nitrogen and oxygen atoms in total. The molecule has 0 radical (unpaired) electrons. The van der Waals surface area contributed by atoms with Crippen LogP contribution in [-0.4, -0.2) is 11.1 Å². The molecule has 0 fully saturated rings. The molecule has 1 rings (SSSR count). The maximum absolute atomic E-state index is 8.99. The van der Waals surface area contributed by atoms with Crippen LogP contribution >= 0.6 is 0 Å². The average molecular weight is 178 g/mol. The van der Waals surface area contributed by atoms with Crippen LogP contribution in [0.3, 0.4) is 0 Å². The minimum atomic E-state index is -0.399. The molecule has 3 heteroatoms. The van der Waals surface area contributed by atoms with Gasteiger partial charge in [0, 0.05) is 5.69 Å². The second-order valence-electron chi connectivity index (χ2n) is 3.04. The molecule has 0 saturated heterocycles. The normalized spacial score (nSPS) is 12.4. The molecule has 0 amide bonds. The quantitative estimate of drug-likeness (QED) is 0.481. The summed E-state index contributed by atoms with van der Waals surface area (Å²) in [6.45, 7) is 3.37. The van der Waals surface area contributed by atoms with E-state index in [9.17, 15) is 0 Å². The molecule has 1 aromatic carbocycles. The Kier molecular flexibility index (Phi) is 2.93. The van der Waals surface area contributed by atoms with E-state index in [0.29, 0.717) is 6.42 Å². The molecule has 5 N–H and O–H groups in total. The number of nitrogens with two attached hydrogens (primary N) is 2. The summed E-state index contributed by atoms with van der Waals surface area (Å²) in [5, 5.41) is 8.99. The molecule has 13 heavy (non-hydrogen) atoms. The molecule has 0 spiro atoms. The zero-order valence-corrected chi connectivity index (χ0v) is 7.40. The molecule has 0 aliphatic carbocycles. The van der Waals surface area contributed by atoms with Crippen LogP contribution in [0.5, 0.6) is 0 Å². The molecule has 0 aliphatic rings. The van der Waals surface area contributed by atoms with Crippen molar-refractivity contribution in [1.82, 2.24) is 0 Å². The van der Waals surface area contributed by atoms with E-state index in [4.69, 9.17) is 16.6 Å². The Hall–Kier alpha value is -1.48. The molecule has 0 heterocycles.